The smallest absolute Gasteiger partial charge is 0.229 e. The number of allylic oxidation sites excluding steroid dienone is 1. The van der Waals surface area contributed by atoms with Gasteiger partial charge < -0.3 is 31.7 Å². The van der Waals surface area contributed by atoms with Crippen LogP contribution in [0.3, 0.4) is 0 Å². The maximum atomic E-state index is 15.4. The van der Waals surface area contributed by atoms with Crippen LogP contribution in [0.25, 0.3) is 0 Å². The lowest BCUT2D eigenvalue weighted by molar-refractivity contribution is -0.147. The van der Waals surface area contributed by atoms with Crippen LogP contribution in [0.2, 0.25) is 0 Å². The minimum absolute atomic E-state index is 0.0547. The molecule has 3 saturated heterocycles. The number of aliphatic hydroxyl groups is 1. The maximum absolute atomic E-state index is 15.4. The van der Waals surface area contributed by atoms with Crippen molar-refractivity contribution in [3.8, 4) is 0 Å². The van der Waals surface area contributed by atoms with E-state index in [0.717, 1.165) is 6.42 Å². The van der Waals surface area contributed by atoms with Gasteiger partial charge in [0.25, 0.3) is 0 Å². The molecule has 3 rings (SSSR count). The van der Waals surface area contributed by atoms with Crippen LogP contribution in [0.5, 0.6) is 0 Å². The van der Waals surface area contributed by atoms with Crippen molar-refractivity contribution in [2.75, 3.05) is 39.3 Å². The van der Waals surface area contributed by atoms with Gasteiger partial charge in [-0.05, 0) is 45.7 Å². The predicted octanol–water partition coefficient (Wildman–Crippen LogP) is 0.708. The van der Waals surface area contributed by atoms with Crippen LogP contribution >= 0.6 is 0 Å². The lowest BCUT2D eigenvalue weighted by Gasteiger charge is -2.46. The van der Waals surface area contributed by atoms with Gasteiger partial charge in [-0.25, -0.2) is 8.78 Å². The minimum Gasteiger partial charge on any atom is -0.389 e. The van der Waals surface area contributed by atoms with Gasteiger partial charge in [-0.2, -0.15) is 0 Å². The number of hydrogen-bond acceptors (Lipinski definition) is 8. The third-order valence-corrected chi connectivity index (χ3v) is 8.29. The number of β-amino-alcohol motifs (C(OH)–C–C–N with tert-alkyl or cyclic N) is 1. The van der Waals surface area contributed by atoms with Crippen molar-refractivity contribution in [3.63, 3.8) is 0 Å². The van der Waals surface area contributed by atoms with Gasteiger partial charge in [-0.3, -0.25) is 19.5 Å². The van der Waals surface area contributed by atoms with Crippen LogP contribution in [0.1, 0.15) is 52.9 Å². The topological polar surface area (TPSA) is 135 Å². The molecular formula is C28H49F2N7O3. The normalized spacial score (nSPS) is 28.0. The van der Waals surface area contributed by atoms with Crippen molar-refractivity contribution >= 4 is 18.0 Å². The maximum Gasteiger partial charge on any atom is 0.229 e. The first kappa shape index (κ1) is 32.4. The van der Waals surface area contributed by atoms with E-state index in [4.69, 9.17) is 5.73 Å². The number of piperidine rings is 2. The number of aliphatic imine (C=N–C) groups is 1. The van der Waals surface area contributed by atoms with Gasteiger partial charge in [0.1, 0.15) is 12.3 Å². The lowest BCUT2D eigenvalue weighted by Crippen LogP contribution is -2.67. The Morgan fingerprint density at radius 2 is 1.93 bits per heavy atom. The molecule has 7 atom stereocenters. The third-order valence-electron chi connectivity index (χ3n) is 8.29. The molecule has 0 spiro atoms. The highest BCUT2D eigenvalue weighted by molar-refractivity contribution is 5.81. The second-order valence-electron chi connectivity index (χ2n) is 11.5. The van der Waals surface area contributed by atoms with E-state index in [0.29, 0.717) is 57.7 Å². The van der Waals surface area contributed by atoms with Crippen molar-refractivity contribution in [2.45, 2.75) is 95.6 Å². The molecule has 40 heavy (non-hydrogen) atoms. The molecule has 0 saturated carbocycles. The van der Waals surface area contributed by atoms with Crippen LogP contribution in [-0.4, -0.2) is 115 Å². The molecule has 0 aromatic rings. The molecule has 0 aromatic carbocycles. The summed E-state index contributed by atoms with van der Waals surface area (Å²) in [7, 11) is 0. The Morgan fingerprint density at radius 3 is 2.52 bits per heavy atom. The van der Waals surface area contributed by atoms with Gasteiger partial charge in [-0.1, -0.05) is 26.8 Å². The summed E-state index contributed by atoms with van der Waals surface area (Å²) in [6.45, 7) is 11.8. The summed E-state index contributed by atoms with van der Waals surface area (Å²) in [6.07, 6.45) is 0.572. The van der Waals surface area contributed by atoms with E-state index in [1.54, 1.807) is 18.7 Å². The molecule has 3 fully saturated rings. The fourth-order valence-electron chi connectivity index (χ4n) is 5.92. The quantitative estimate of drug-likeness (QED) is 0.163. The number of likely N-dealkylation sites (tertiary alicyclic amines) is 2. The summed E-state index contributed by atoms with van der Waals surface area (Å²) >= 11 is 0. The number of carbonyl (C=O) groups is 2. The van der Waals surface area contributed by atoms with Crippen molar-refractivity contribution in [1.82, 2.24) is 25.8 Å². The van der Waals surface area contributed by atoms with Crippen molar-refractivity contribution in [2.24, 2.45) is 22.6 Å². The molecule has 228 valence electrons. The molecule has 3 heterocycles. The van der Waals surface area contributed by atoms with Crippen molar-refractivity contribution in [3.05, 3.63) is 12.3 Å². The molecular weight excluding hydrogens is 520 g/mol. The van der Waals surface area contributed by atoms with Crippen LogP contribution in [0, 0.1) is 11.8 Å². The standard InChI is InChI=1S/C28H49F2N7O3/c1-5-7-17(3)34-26(31)24(18(4)33-12-20(29)6-2)27(39)35-23-14-32-13-22(30)25(23)36-10-8-19(9-11-36)28(40)37-15-21(38)16-37/h12,18-26,32,34,38H,3,5-11,13-16,31H2,1-2,4H3,(H,35,39). The van der Waals surface area contributed by atoms with Gasteiger partial charge in [0.05, 0.1) is 36.3 Å². The zero-order valence-corrected chi connectivity index (χ0v) is 24.2. The molecule has 0 bridgehead atoms. The average molecular weight is 570 g/mol. The molecule has 10 nitrogen and oxygen atoms in total. The highest BCUT2D eigenvalue weighted by Gasteiger charge is 2.43. The largest absolute Gasteiger partial charge is 0.389 e. The minimum atomic E-state index is -1.22. The number of carbonyl (C=O) groups excluding carboxylic acids is 2. The first-order valence-corrected chi connectivity index (χ1v) is 14.8. The Kier molecular flexibility index (Phi) is 12.3. The van der Waals surface area contributed by atoms with Gasteiger partial charge in [0, 0.05) is 44.0 Å². The van der Waals surface area contributed by atoms with E-state index in [-0.39, 0.29) is 30.7 Å². The lowest BCUT2D eigenvalue weighted by atomic mass is 9.89. The summed E-state index contributed by atoms with van der Waals surface area (Å²) < 4.78 is 29.3. The summed E-state index contributed by atoms with van der Waals surface area (Å²) in [4.78, 5) is 34.4. The average Bonchev–Trinajstić information content (AvgIpc) is 2.90. The number of alkyl halides is 2. The van der Waals surface area contributed by atoms with E-state index in [1.165, 1.54) is 6.21 Å². The van der Waals surface area contributed by atoms with Gasteiger partial charge in [-0.15, -0.1) is 0 Å². The van der Waals surface area contributed by atoms with Crippen LogP contribution in [-0.2, 0) is 9.59 Å². The summed E-state index contributed by atoms with van der Waals surface area (Å²) in [5, 5.41) is 18.7. The Balaban J connectivity index is 1.69. The zero-order chi connectivity index (χ0) is 29.4. The summed E-state index contributed by atoms with van der Waals surface area (Å²) in [5.41, 5.74) is 7.14. The molecule has 7 unspecified atom stereocenters. The fraction of sp³-hybridized carbons (Fsp3) is 0.821. The van der Waals surface area contributed by atoms with Gasteiger partial charge >= 0.3 is 0 Å². The van der Waals surface area contributed by atoms with Crippen molar-refractivity contribution < 1.29 is 23.5 Å². The number of nitrogens with two attached hydrogens (primary N) is 1. The predicted molar refractivity (Wildman–Crippen MR) is 152 cm³/mol. The molecule has 6 N–H and O–H groups in total. The highest BCUT2D eigenvalue weighted by atomic mass is 19.1. The van der Waals surface area contributed by atoms with E-state index < -0.39 is 48.7 Å². The van der Waals surface area contributed by atoms with Crippen LogP contribution < -0.4 is 21.7 Å². The van der Waals surface area contributed by atoms with E-state index in [9.17, 15) is 19.1 Å². The van der Waals surface area contributed by atoms with Gasteiger partial charge in [0.2, 0.25) is 11.8 Å². The Labute approximate surface area is 237 Å². The first-order valence-electron chi connectivity index (χ1n) is 14.8. The monoisotopic (exact) mass is 569 g/mol. The number of nitrogens with one attached hydrogen (secondary N) is 3. The van der Waals surface area contributed by atoms with E-state index >= 15 is 4.39 Å². The molecule has 3 aliphatic rings. The number of aliphatic hydroxyl groups excluding tert-OH is 1. The number of amides is 2. The summed E-state index contributed by atoms with van der Waals surface area (Å²) in [5.74, 6) is -1.31. The number of hydrogen-bond donors (Lipinski definition) is 5. The SMILES string of the molecule is C=C(CCC)NC(N)C(C(=O)NC1CNCC(F)C1N1CCC(C(=O)N2CC(O)C2)CC1)C(C)N=CC(F)CC. The molecule has 0 aliphatic carbocycles. The van der Waals surface area contributed by atoms with Crippen LogP contribution in [0.4, 0.5) is 8.78 Å². The van der Waals surface area contributed by atoms with E-state index in [1.807, 2.05) is 11.8 Å². The highest BCUT2D eigenvalue weighted by Crippen LogP contribution is 2.27. The van der Waals surface area contributed by atoms with Gasteiger partial charge in [0.15, 0.2) is 0 Å². The first-order chi connectivity index (χ1) is 19.0. The number of nitrogens with zero attached hydrogens (tertiary/aromatic N) is 3. The second kappa shape index (κ2) is 15.2. The van der Waals surface area contributed by atoms with Crippen molar-refractivity contribution in [1.29, 1.82) is 0 Å². The molecule has 0 aromatic heterocycles. The van der Waals surface area contributed by atoms with E-state index in [2.05, 4.69) is 27.5 Å². The Morgan fingerprint density at radius 1 is 1.25 bits per heavy atom. The fourth-order valence-corrected chi connectivity index (χ4v) is 5.92. The van der Waals surface area contributed by atoms with Crippen LogP contribution in [0.15, 0.2) is 17.3 Å². The Bertz CT molecular complexity index is 880. The molecule has 3 aliphatic heterocycles. The summed E-state index contributed by atoms with van der Waals surface area (Å²) in [6, 6.07) is -1.70. The second-order valence-corrected chi connectivity index (χ2v) is 11.5. The molecule has 2 amide bonds. The Hall–Kier alpha value is -2.15. The zero-order valence-electron chi connectivity index (χ0n) is 24.2. The number of halogens is 2. The number of rotatable bonds is 13. The third kappa shape index (κ3) is 8.43. The molecule has 12 heteroatoms. The molecule has 0 radical (unpaired) electrons.